The lowest BCUT2D eigenvalue weighted by Gasteiger charge is -2.14. The van der Waals surface area contributed by atoms with E-state index in [1.165, 1.54) is 12.1 Å². The van der Waals surface area contributed by atoms with Gasteiger partial charge >= 0.3 is 6.18 Å². The maximum absolute atomic E-state index is 12.6. The first-order valence-electron chi connectivity index (χ1n) is 7.83. The van der Waals surface area contributed by atoms with E-state index >= 15 is 0 Å². The van der Waals surface area contributed by atoms with Crippen LogP contribution in [0.5, 0.6) is 5.75 Å². The van der Waals surface area contributed by atoms with Crippen LogP contribution in [0.2, 0.25) is 0 Å². The predicted octanol–water partition coefficient (Wildman–Crippen LogP) is 2.41. The Labute approximate surface area is 147 Å². The number of alkyl halides is 3. The van der Waals surface area contributed by atoms with Crippen LogP contribution in [0, 0.1) is 13.8 Å². The van der Waals surface area contributed by atoms with Crippen molar-refractivity contribution in [3.05, 3.63) is 46.8 Å². The van der Waals surface area contributed by atoms with Crippen molar-refractivity contribution >= 4 is 5.91 Å². The van der Waals surface area contributed by atoms with E-state index in [0.717, 1.165) is 12.1 Å². The second-order valence-electron chi connectivity index (χ2n) is 5.77. The van der Waals surface area contributed by atoms with Gasteiger partial charge in [-0.2, -0.15) is 13.2 Å². The van der Waals surface area contributed by atoms with Crippen molar-refractivity contribution in [1.29, 1.82) is 0 Å². The topological polar surface area (TPSA) is 84.6 Å². The van der Waals surface area contributed by atoms with Gasteiger partial charge in [0, 0.05) is 12.1 Å². The number of aliphatic hydroxyl groups excluding tert-OH is 1. The molecule has 0 spiro atoms. The minimum atomic E-state index is -4.47. The van der Waals surface area contributed by atoms with Crippen LogP contribution >= 0.6 is 0 Å². The minimum absolute atomic E-state index is 0.0130. The molecule has 0 aliphatic heterocycles. The van der Waals surface area contributed by atoms with E-state index in [-0.39, 0.29) is 31.2 Å². The van der Waals surface area contributed by atoms with Crippen LogP contribution in [0.25, 0.3) is 0 Å². The number of hydrogen-bond acceptors (Lipinski definition) is 5. The van der Waals surface area contributed by atoms with E-state index in [9.17, 15) is 23.1 Å². The summed E-state index contributed by atoms with van der Waals surface area (Å²) in [4.78, 5) is 11.9. The Hall–Kier alpha value is -2.55. The molecule has 0 bridgehead atoms. The Morgan fingerprint density at radius 2 is 2.12 bits per heavy atom. The third-order valence-electron chi connectivity index (χ3n) is 3.66. The molecule has 0 aliphatic carbocycles. The van der Waals surface area contributed by atoms with E-state index in [0.29, 0.717) is 17.0 Å². The van der Waals surface area contributed by atoms with Gasteiger partial charge in [-0.25, -0.2) is 0 Å². The van der Waals surface area contributed by atoms with Crippen molar-refractivity contribution in [3.63, 3.8) is 0 Å². The normalized spacial score (nSPS) is 12.7. The third-order valence-corrected chi connectivity index (χ3v) is 3.66. The van der Waals surface area contributed by atoms with Crippen molar-refractivity contribution in [2.24, 2.45) is 0 Å². The standard InChI is InChI=1S/C17H19F3N2O4/c1-10-15(11(2)26-22-10)7-16(24)21-8-13(23)9-25-14-5-3-4-12(6-14)17(18,19)20/h3-6,13,23H,7-9H2,1-2H3,(H,21,24)/t13-/m1/s1. The Balaban J connectivity index is 1.79. The number of aromatic nitrogens is 1. The van der Waals surface area contributed by atoms with E-state index < -0.39 is 17.8 Å². The lowest BCUT2D eigenvalue weighted by atomic mass is 10.1. The molecule has 26 heavy (non-hydrogen) atoms. The van der Waals surface area contributed by atoms with E-state index in [1.807, 2.05) is 0 Å². The van der Waals surface area contributed by atoms with Crippen molar-refractivity contribution in [3.8, 4) is 5.75 Å². The third kappa shape index (κ3) is 5.48. The summed E-state index contributed by atoms with van der Waals surface area (Å²) >= 11 is 0. The van der Waals surface area contributed by atoms with E-state index in [4.69, 9.17) is 9.26 Å². The van der Waals surface area contributed by atoms with Gasteiger partial charge in [0.05, 0.1) is 17.7 Å². The van der Waals surface area contributed by atoms with Gasteiger partial charge in [0.15, 0.2) is 0 Å². The number of rotatable bonds is 7. The summed E-state index contributed by atoms with van der Waals surface area (Å²) in [5.74, 6) is 0.199. The van der Waals surface area contributed by atoms with Crippen LogP contribution in [0.4, 0.5) is 13.2 Å². The van der Waals surface area contributed by atoms with Crippen LogP contribution in [0.15, 0.2) is 28.8 Å². The molecule has 1 amide bonds. The monoisotopic (exact) mass is 372 g/mol. The van der Waals surface area contributed by atoms with Crippen molar-refractivity contribution in [1.82, 2.24) is 10.5 Å². The first-order valence-corrected chi connectivity index (χ1v) is 7.83. The number of hydrogen-bond donors (Lipinski definition) is 2. The largest absolute Gasteiger partial charge is 0.491 e. The summed E-state index contributed by atoms with van der Waals surface area (Å²) in [5, 5.41) is 16.1. The van der Waals surface area contributed by atoms with E-state index in [1.54, 1.807) is 13.8 Å². The van der Waals surface area contributed by atoms with E-state index in [2.05, 4.69) is 10.5 Å². The number of ether oxygens (including phenoxy) is 1. The van der Waals surface area contributed by atoms with Gasteiger partial charge < -0.3 is 19.7 Å². The molecule has 2 N–H and O–H groups in total. The fraction of sp³-hybridized carbons (Fsp3) is 0.412. The number of nitrogens with one attached hydrogen (secondary N) is 1. The summed E-state index contributed by atoms with van der Waals surface area (Å²) < 4.78 is 48.0. The lowest BCUT2D eigenvalue weighted by Crippen LogP contribution is -2.36. The highest BCUT2D eigenvalue weighted by Crippen LogP contribution is 2.31. The molecule has 2 aromatic rings. The second-order valence-corrected chi connectivity index (χ2v) is 5.77. The number of carbonyl (C=O) groups excluding carboxylic acids is 1. The lowest BCUT2D eigenvalue weighted by molar-refractivity contribution is -0.137. The molecule has 0 aliphatic rings. The van der Waals surface area contributed by atoms with Crippen LogP contribution in [-0.2, 0) is 17.4 Å². The molecule has 2 rings (SSSR count). The summed E-state index contributed by atoms with van der Waals surface area (Å²) in [6.07, 6.45) is -5.48. The molecule has 0 radical (unpaired) electrons. The number of amides is 1. The fourth-order valence-corrected chi connectivity index (χ4v) is 2.22. The number of halogens is 3. The van der Waals surface area contributed by atoms with Gasteiger partial charge in [-0.3, -0.25) is 4.79 Å². The molecule has 1 atom stereocenters. The minimum Gasteiger partial charge on any atom is -0.491 e. The molecule has 1 aromatic carbocycles. The molecule has 0 saturated carbocycles. The predicted molar refractivity (Wildman–Crippen MR) is 85.6 cm³/mol. The van der Waals surface area contributed by atoms with Gasteiger partial charge in [-0.1, -0.05) is 11.2 Å². The first kappa shape index (κ1) is 19.8. The van der Waals surface area contributed by atoms with Crippen molar-refractivity contribution < 1.29 is 32.3 Å². The Morgan fingerprint density at radius 3 is 2.73 bits per heavy atom. The number of aryl methyl sites for hydroxylation is 2. The molecular formula is C17H19F3N2O4. The van der Waals surface area contributed by atoms with Gasteiger partial charge in [0.1, 0.15) is 24.2 Å². The summed E-state index contributed by atoms with van der Waals surface area (Å²) in [5.41, 5.74) is 0.459. The zero-order valence-electron chi connectivity index (χ0n) is 14.3. The van der Waals surface area contributed by atoms with Crippen LogP contribution in [0.3, 0.4) is 0 Å². The maximum atomic E-state index is 12.6. The smallest absolute Gasteiger partial charge is 0.416 e. The summed E-state index contributed by atoms with van der Waals surface area (Å²) in [7, 11) is 0. The van der Waals surface area contributed by atoms with Crippen molar-refractivity contribution in [2.45, 2.75) is 32.5 Å². The quantitative estimate of drug-likeness (QED) is 0.780. The maximum Gasteiger partial charge on any atom is 0.416 e. The van der Waals surface area contributed by atoms with Crippen molar-refractivity contribution in [2.75, 3.05) is 13.2 Å². The second kappa shape index (κ2) is 8.22. The molecule has 0 unspecified atom stereocenters. The highest BCUT2D eigenvalue weighted by molar-refractivity contribution is 5.79. The SMILES string of the molecule is Cc1noc(C)c1CC(=O)NC[C@@H](O)COc1cccc(C(F)(F)F)c1. The Bertz CT molecular complexity index is 739. The summed E-state index contributed by atoms with van der Waals surface area (Å²) in [6.45, 7) is 3.06. The Kier molecular flexibility index (Phi) is 6.25. The van der Waals surface area contributed by atoms with Gasteiger partial charge in [0.25, 0.3) is 0 Å². The highest BCUT2D eigenvalue weighted by Gasteiger charge is 2.30. The van der Waals surface area contributed by atoms with Crippen LogP contribution in [0.1, 0.15) is 22.6 Å². The zero-order chi connectivity index (χ0) is 19.3. The molecule has 0 fully saturated rings. The zero-order valence-corrected chi connectivity index (χ0v) is 14.3. The molecule has 1 aromatic heterocycles. The number of nitrogens with zero attached hydrogens (tertiary/aromatic N) is 1. The van der Waals surface area contributed by atoms with Crippen LogP contribution < -0.4 is 10.1 Å². The number of aliphatic hydroxyl groups is 1. The van der Waals surface area contributed by atoms with Gasteiger partial charge in [-0.05, 0) is 32.0 Å². The number of benzene rings is 1. The molecule has 6 nitrogen and oxygen atoms in total. The van der Waals surface area contributed by atoms with Gasteiger partial charge in [0.2, 0.25) is 5.91 Å². The first-order chi connectivity index (χ1) is 12.2. The average Bonchev–Trinajstić information content (AvgIpc) is 2.89. The van der Waals surface area contributed by atoms with Crippen LogP contribution in [-0.4, -0.2) is 35.4 Å². The van der Waals surface area contributed by atoms with Gasteiger partial charge in [-0.15, -0.1) is 0 Å². The number of carbonyl (C=O) groups is 1. The highest BCUT2D eigenvalue weighted by atomic mass is 19.4. The molecule has 0 saturated heterocycles. The average molecular weight is 372 g/mol. The molecule has 9 heteroatoms. The Morgan fingerprint density at radius 1 is 1.38 bits per heavy atom. The molecule has 1 heterocycles. The molecule has 142 valence electrons. The molecular weight excluding hydrogens is 353 g/mol. The fourth-order valence-electron chi connectivity index (χ4n) is 2.22. The summed E-state index contributed by atoms with van der Waals surface area (Å²) in [6, 6.07) is 4.36.